The van der Waals surface area contributed by atoms with E-state index in [2.05, 4.69) is 69.0 Å². The molecule has 2 N–H and O–H groups in total. The van der Waals surface area contributed by atoms with Crippen LogP contribution in [-0.2, 0) is 11.4 Å². The molecule has 0 aliphatic carbocycles. The molecule has 47 heavy (non-hydrogen) atoms. The van der Waals surface area contributed by atoms with Crippen molar-refractivity contribution in [3.8, 4) is 22.9 Å². The third-order valence-electron chi connectivity index (χ3n) is 7.11. The zero-order valence-corrected chi connectivity index (χ0v) is 28.7. The molecule has 0 saturated heterocycles. The molecule has 0 atom stereocenters. The number of hydrogen-bond donors (Lipinski definition) is 2. The van der Waals surface area contributed by atoms with Gasteiger partial charge in [0.25, 0.3) is 5.91 Å². The Morgan fingerprint density at radius 1 is 0.915 bits per heavy atom. The van der Waals surface area contributed by atoms with Gasteiger partial charge in [-0.3, -0.25) is 9.59 Å². The second-order valence-electron chi connectivity index (χ2n) is 10.6. The Morgan fingerprint density at radius 2 is 1.66 bits per heavy atom. The summed E-state index contributed by atoms with van der Waals surface area (Å²) in [6, 6.07) is 26.3. The van der Waals surface area contributed by atoms with E-state index in [4.69, 9.17) is 18.6 Å². The third-order valence-corrected chi connectivity index (χ3v) is 7.91. The lowest BCUT2D eigenvalue weighted by Gasteiger charge is -2.15. The number of hydrogen-bond acceptors (Lipinski definition) is 7. The van der Waals surface area contributed by atoms with Crippen LogP contribution in [0.25, 0.3) is 5.69 Å². The van der Waals surface area contributed by atoms with Crippen LogP contribution in [0.4, 0.5) is 5.69 Å². The number of anilines is 1. The second-order valence-corrected chi connectivity index (χ2v) is 11.8. The number of ether oxygens (including phenoxy) is 3. The van der Waals surface area contributed by atoms with Gasteiger partial charge in [0.05, 0.1) is 16.4 Å². The normalized spacial score (nSPS) is 11.0. The van der Waals surface area contributed by atoms with Gasteiger partial charge in [-0.2, -0.15) is 5.10 Å². The fourth-order valence-electron chi connectivity index (χ4n) is 4.82. The van der Waals surface area contributed by atoms with Gasteiger partial charge in [-0.25, -0.2) is 5.43 Å². The number of hydrazone groups is 1. The van der Waals surface area contributed by atoms with Gasteiger partial charge in [0.15, 0.2) is 23.9 Å². The zero-order chi connectivity index (χ0) is 33.3. The quantitative estimate of drug-likeness (QED) is 0.0740. The predicted octanol–water partition coefficient (Wildman–Crippen LogP) is 7.36. The SMILES string of the molecule is CCOc1cc(/C=N/NC(=O)c2ccc(COc3ccc(-n4c(C)ccc4C)cc3)o2)cc(I)c1OCC(=O)Nc1ccccc1C. The smallest absolute Gasteiger partial charge is 0.307 e. The number of benzene rings is 3. The fourth-order valence-corrected chi connectivity index (χ4v) is 5.60. The Bertz CT molecular complexity index is 1870. The van der Waals surface area contributed by atoms with Crippen molar-refractivity contribution in [3.05, 3.63) is 123 Å². The summed E-state index contributed by atoms with van der Waals surface area (Å²) >= 11 is 2.11. The molecule has 2 aromatic heterocycles. The number of halogens is 1. The van der Waals surface area contributed by atoms with Crippen LogP contribution in [-0.4, -0.2) is 35.8 Å². The molecule has 0 radical (unpaired) electrons. The number of nitrogens with zero attached hydrogens (tertiary/aromatic N) is 2. The average Bonchev–Trinajstić information content (AvgIpc) is 3.67. The number of aromatic nitrogens is 1. The Morgan fingerprint density at radius 3 is 2.38 bits per heavy atom. The van der Waals surface area contributed by atoms with Crippen LogP contribution < -0.4 is 25.0 Å². The highest BCUT2D eigenvalue weighted by Crippen LogP contribution is 2.34. The van der Waals surface area contributed by atoms with Crippen molar-refractivity contribution >= 4 is 46.3 Å². The van der Waals surface area contributed by atoms with Crippen LogP contribution in [0.5, 0.6) is 17.2 Å². The van der Waals surface area contributed by atoms with E-state index in [-0.39, 0.29) is 24.9 Å². The van der Waals surface area contributed by atoms with Crippen LogP contribution in [0.3, 0.4) is 0 Å². The summed E-state index contributed by atoms with van der Waals surface area (Å²) in [5.74, 6) is 1.40. The van der Waals surface area contributed by atoms with Crippen molar-refractivity contribution in [2.75, 3.05) is 18.5 Å². The molecule has 3 aromatic carbocycles. The molecule has 10 nitrogen and oxygen atoms in total. The van der Waals surface area contributed by atoms with Gasteiger partial charge in [-0.15, -0.1) is 0 Å². The Labute approximate surface area is 286 Å². The number of furan rings is 1. The standard InChI is InChI=1S/C36H35IN4O6/c1-5-44-33-19-26(18-30(37)35(33)46-22-34(42)39-31-9-7-6-8-23(31)2)20-38-40-36(43)32-17-16-29(47-32)21-45-28-14-12-27(13-15-28)41-24(3)10-11-25(41)4/h6-20H,5,21-22H2,1-4H3,(H,39,42)(H,40,43)/b38-20+. The first kappa shape index (κ1) is 33.3. The summed E-state index contributed by atoms with van der Waals surface area (Å²) in [6.45, 7) is 8.28. The maximum absolute atomic E-state index is 12.7. The number of carbonyl (C=O) groups is 2. The number of rotatable bonds is 13. The van der Waals surface area contributed by atoms with Crippen molar-refractivity contribution in [2.24, 2.45) is 5.10 Å². The Kier molecular flexibility index (Phi) is 11.0. The zero-order valence-electron chi connectivity index (χ0n) is 26.5. The molecule has 0 spiro atoms. The minimum Gasteiger partial charge on any atom is -0.490 e. The summed E-state index contributed by atoms with van der Waals surface area (Å²) in [5, 5.41) is 6.94. The highest BCUT2D eigenvalue weighted by molar-refractivity contribution is 14.1. The summed E-state index contributed by atoms with van der Waals surface area (Å²) < 4.78 is 26.0. The van der Waals surface area contributed by atoms with Gasteiger partial charge >= 0.3 is 5.91 Å². The summed E-state index contributed by atoms with van der Waals surface area (Å²) in [7, 11) is 0. The molecular weight excluding hydrogens is 711 g/mol. The van der Waals surface area contributed by atoms with E-state index in [0.717, 1.165) is 28.3 Å². The van der Waals surface area contributed by atoms with Crippen molar-refractivity contribution in [2.45, 2.75) is 34.3 Å². The topological polar surface area (TPSA) is 116 Å². The van der Waals surface area contributed by atoms with Crippen LogP contribution in [0.2, 0.25) is 0 Å². The average molecular weight is 747 g/mol. The van der Waals surface area contributed by atoms with Gasteiger partial charge in [0.2, 0.25) is 0 Å². The van der Waals surface area contributed by atoms with E-state index in [1.54, 1.807) is 18.2 Å². The molecule has 0 unspecified atom stereocenters. The molecule has 0 saturated carbocycles. The van der Waals surface area contributed by atoms with Gasteiger partial charge in [-0.05, 0) is 128 Å². The Balaban J connectivity index is 1.14. The highest BCUT2D eigenvalue weighted by Gasteiger charge is 2.15. The molecular formula is C36H35IN4O6. The lowest BCUT2D eigenvalue weighted by Crippen LogP contribution is -2.21. The molecule has 5 rings (SSSR count). The number of carbonyl (C=O) groups excluding carboxylic acids is 2. The van der Waals surface area contributed by atoms with Gasteiger partial charge < -0.3 is 28.5 Å². The van der Waals surface area contributed by atoms with E-state index >= 15 is 0 Å². The molecule has 0 bridgehead atoms. The monoisotopic (exact) mass is 746 g/mol. The number of aryl methyl sites for hydroxylation is 3. The van der Waals surface area contributed by atoms with E-state index in [9.17, 15) is 9.59 Å². The second kappa shape index (κ2) is 15.5. The van der Waals surface area contributed by atoms with Crippen LogP contribution >= 0.6 is 22.6 Å². The molecule has 2 amide bonds. The first-order valence-corrected chi connectivity index (χ1v) is 16.0. The summed E-state index contributed by atoms with van der Waals surface area (Å²) in [4.78, 5) is 25.2. The highest BCUT2D eigenvalue weighted by atomic mass is 127. The van der Waals surface area contributed by atoms with Crippen molar-refractivity contribution < 1.29 is 28.2 Å². The molecule has 0 aliphatic rings. The van der Waals surface area contributed by atoms with Gasteiger partial charge in [-0.1, -0.05) is 18.2 Å². The number of para-hydroxylation sites is 1. The van der Waals surface area contributed by atoms with E-state index in [1.165, 1.54) is 6.21 Å². The van der Waals surface area contributed by atoms with E-state index in [1.807, 2.05) is 68.4 Å². The number of amides is 2. The third kappa shape index (κ3) is 8.61. The van der Waals surface area contributed by atoms with Crippen molar-refractivity contribution in [1.29, 1.82) is 0 Å². The van der Waals surface area contributed by atoms with E-state index < -0.39 is 5.91 Å². The number of nitrogens with one attached hydrogen (secondary N) is 2. The Hall–Kier alpha value is -5.04. The minimum atomic E-state index is -0.506. The molecule has 11 heteroatoms. The first-order valence-electron chi connectivity index (χ1n) is 15.0. The first-order chi connectivity index (χ1) is 22.7. The minimum absolute atomic E-state index is 0.104. The van der Waals surface area contributed by atoms with Crippen molar-refractivity contribution in [3.63, 3.8) is 0 Å². The molecule has 2 heterocycles. The van der Waals surface area contributed by atoms with Gasteiger partial charge in [0.1, 0.15) is 18.1 Å². The maximum atomic E-state index is 12.7. The maximum Gasteiger partial charge on any atom is 0.307 e. The van der Waals surface area contributed by atoms with Crippen LogP contribution in [0.1, 0.15) is 45.8 Å². The van der Waals surface area contributed by atoms with Crippen molar-refractivity contribution in [1.82, 2.24) is 9.99 Å². The lowest BCUT2D eigenvalue weighted by molar-refractivity contribution is -0.118. The largest absolute Gasteiger partial charge is 0.490 e. The molecule has 0 aliphatic heterocycles. The molecule has 242 valence electrons. The van der Waals surface area contributed by atoms with Gasteiger partial charge in [0, 0.05) is 22.8 Å². The van der Waals surface area contributed by atoms with Crippen LogP contribution in [0.15, 0.2) is 94.4 Å². The molecule has 5 aromatic rings. The fraction of sp³-hybridized carbons (Fsp3) is 0.194. The summed E-state index contributed by atoms with van der Waals surface area (Å²) in [5.41, 5.74) is 8.21. The summed E-state index contributed by atoms with van der Waals surface area (Å²) in [6.07, 6.45) is 1.49. The van der Waals surface area contributed by atoms with Crippen LogP contribution in [0, 0.1) is 24.3 Å². The predicted molar refractivity (Wildman–Crippen MR) is 189 cm³/mol. The lowest BCUT2D eigenvalue weighted by atomic mass is 10.2. The molecule has 0 fully saturated rings. The van der Waals surface area contributed by atoms with E-state index in [0.29, 0.717) is 38.7 Å².